The van der Waals surface area contributed by atoms with Gasteiger partial charge in [-0.15, -0.1) is 0 Å². The molecular weight excluding hydrogens is 348 g/mol. The Labute approximate surface area is 157 Å². The van der Waals surface area contributed by atoms with Crippen molar-refractivity contribution in [2.24, 2.45) is 0 Å². The standard InChI is InChI=1S/C21H19ClN2O2/c1-26-20-4-2-3-19(14-20)23-17-9-11-18(12-10-17)24-21(25)13-15-5-7-16(22)8-6-15/h2-12,14,23H,13H2,1H3,(H,24,25). The van der Waals surface area contributed by atoms with Crippen LogP contribution in [0.4, 0.5) is 17.1 Å². The maximum absolute atomic E-state index is 12.1. The predicted molar refractivity (Wildman–Crippen MR) is 107 cm³/mol. The summed E-state index contributed by atoms with van der Waals surface area (Å²) in [6, 6.07) is 22.5. The van der Waals surface area contributed by atoms with Gasteiger partial charge < -0.3 is 15.4 Å². The SMILES string of the molecule is COc1cccc(Nc2ccc(NC(=O)Cc3ccc(Cl)cc3)cc2)c1. The normalized spacial score (nSPS) is 10.2. The molecule has 0 aliphatic carbocycles. The Balaban J connectivity index is 1.58. The van der Waals surface area contributed by atoms with E-state index in [1.807, 2.05) is 60.7 Å². The van der Waals surface area contributed by atoms with Gasteiger partial charge in [0.05, 0.1) is 13.5 Å². The average molecular weight is 367 g/mol. The number of ether oxygens (including phenoxy) is 1. The molecule has 0 aromatic heterocycles. The van der Waals surface area contributed by atoms with E-state index in [2.05, 4.69) is 10.6 Å². The fourth-order valence-corrected chi connectivity index (χ4v) is 2.62. The Kier molecular flexibility index (Phi) is 5.77. The summed E-state index contributed by atoms with van der Waals surface area (Å²) in [6.07, 6.45) is 0.307. The van der Waals surface area contributed by atoms with Gasteiger partial charge in [-0.2, -0.15) is 0 Å². The molecule has 3 rings (SSSR count). The van der Waals surface area contributed by atoms with Gasteiger partial charge in [-0.05, 0) is 54.1 Å². The molecule has 5 heteroatoms. The van der Waals surface area contributed by atoms with E-state index >= 15 is 0 Å². The van der Waals surface area contributed by atoms with Crippen LogP contribution in [0.25, 0.3) is 0 Å². The van der Waals surface area contributed by atoms with Gasteiger partial charge in [-0.3, -0.25) is 4.79 Å². The molecule has 3 aromatic carbocycles. The Morgan fingerprint density at radius 3 is 2.31 bits per heavy atom. The molecule has 0 unspecified atom stereocenters. The van der Waals surface area contributed by atoms with E-state index < -0.39 is 0 Å². The number of benzene rings is 3. The number of anilines is 3. The molecule has 0 spiro atoms. The zero-order chi connectivity index (χ0) is 18.4. The first-order valence-electron chi connectivity index (χ1n) is 8.18. The lowest BCUT2D eigenvalue weighted by Crippen LogP contribution is -2.14. The third kappa shape index (κ3) is 5.01. The highest BCUT2D eigenvalue weighted by atomic mass is 35.5. The highest BCUT2D eigenvalue weighted by Crippen LogP contribution is 2.22. The summed E-state index contributed by atoms with van der Waals surface area (Å²) in [5.74, 6) is 0.724. The van der Waals surface area contributed by atoms with Crippen molar-refractivity contribution in [1.82, 2.24) is 0 Å². The summed E-state index contributed by atoms with van der Waals surface area (Å²) in [5.41, 5.74) is 3.53. The summed E-state index contributed by atoms with van der Waals surface area (Å²) in [4.78, 5) is 12.1. The van der Waals surface area contributed by atoms with Gasteiger partial charge in [0.1, 0.15) is 5.75 Å². The maximum atomic E-state index is 12.1. The summed E-state index contributed by atoms with van der Waals surface area (Å²) in [6.45, 7) is 0. The van der Waals surface area contributed by atoms with Crippen LogP contribution in [0.15, 0.2) is 72.8 Å². The lowest BCUT2D eigenvalue weighted by molar-refractivity contribution is -0.115. The van der Waals surface area contributed by atoms with E-state index in [0.717, 1.165) is 28.4 Å². The third-order valence-electron chi connectivity index (χ3n) is 3.81. The number of carbonyl (C=O) groups excluding carboxylic acids is 1. The van der Waals surface area contributed by atoms with Crippen LogP contribution in [0, 0.1) is 0 Å². The molecule has 0 bridgehead atoms. The van der Waals surface area contributed by atoms with Crippen LogP contribution in [0.2, 0.25) is 5.02 Å². The van der Waals surface area contributed by atoms with Crippen LogP contribution >= 0.6 is 11.6 Å². The Bertz CT molecular complexity index is 877. The molecule has 2 N–H and O–H groups in total. The first kappa shape index (κ1) is 17.8. The van der Waals surface area contributed by atoms with Crippen molar-refractivity contribution in [3.63, 3.8) is 0 Å². The van der Waals surface area contributed by atoms with Gasteiger partial charge in [0, 0.05) is 28.2 Å². The summed E-state index contributed by atoms with van der Waals surface area (Å²) >= 11 is 5.85. The van der Waals surface area contributed by atoms with Crippen molar-refractivity contribution < 1.29 is 9.53 Å². The van der Waals surface area contributed by atoms with Gasteiger partial charge >= 0.3 is 0 Å². The van der Waals surface area contributed by atoms with Crippen LogP contribution in [0.1, 0.15) is 5.56 Å². The number of methoxy groups -OCH3 is 1. The van der Waals surface area contributed by atoms with Crippen LogP contribution in [-0.4, -0.2) is 13.0 Å². The van der Waals surface area contributed by atoms with Gasteiger partial charge in [0.2, 0.25) is 5.91 Å². The summed E-state index contributed by atoms with van der Waals surface area (Å²) in [7, 11) is 1.64. The number of halogens is 1. The average Bonchev–Trinajstić information content (AvgIpc) is 2.65. The maximum Gasteiger partial charge on any atom is 0.228 e. The second kappa shape index (κ2) is 8.41. The van der Waals surface area contributed by atoms with Gasteiger partial charge in [0.15, 0.2) is 0 Å². The predicted octanol–water partition coefficient (Wildman–Crippen LogP) is 5.27. The number of hydrogen-bond acceptors (Lipinski definition) is 3. The van der Waals surface area contributed by atoms with E-state index in [0.29, 0.717) is 11.4 Å². The van der Waals surface area contributed by atoms with Gasteiger partial charge in [0.25, 0.3) is 0 Å². The summed E-state index contributed by atoms with van der Waals surface area (Å²) in [5, 5.41) is 6.85. The van der Waals surface area contributed by atoms with Crippen molar-refractivity contribution in [3.8, 4) is 5.75 Å². The monoisotopic (exact) mass is 366 g/mol. The van der Waals surface area contributed by atoms with Gasteiger partial charge in [-0.1, -0.05) is 29.8 Å². The van der Waals surface area contributed by atoms with Crippen molar-refractivity contribution in [2.75, 3.05) is 17.7 Å². The molecule has 0 saturated carbocycles. The molecule has 0 atom stereocenters. The van der Waals surface area contributed by atoms with Crippen molar-refractivity contribution in [3.05, 3.63) is 83.4 Å². The highest BCUT2D eigenvalue weighted by Gasteiger charge is 2.05. The Hall–Kier alpha value is -2.98. The van der Waals surface area contributed by atoms with Crippen LogP contribution < -0.4 is 15.4 Å². The van der Waals surface area contributed by atoms with Gasteiger partial charge in [-0.25, -0.2) is 0 Å². The smallest absolute Gasteiger partial charge is 0.228 e. The van der Waals surface area contributed by atoms with E-state index in [1.165, 1.54) is 0 Å². The van der Waals surface area contributed by atoms with E-state index in [9.17, 15) is 4.79 Å². The zero-order valence-corrected chi connectivity index (χ0v) is 15.1. The molecule has 1 amide bonds. The quantitative estimate of drug-likeness (QED) is 0.624. The highest BCUT2D eigenvalue weighted by molar-refractivity contribution is 6.30. The first-order valence-corrected chi connectivity index (χ1v) is 8.55. The van der Waals surface area contributed by atoms with Crippen molar-refractivity contribution in [2.45, 2.75) is 6.42 Å². The second-order valence-electron chi connectivity index (χ2n) is 5.79. The van der Waals surface area contributed by atoms with Crippen molar-refractivity contribution in [1.29, 1.82) is 0 Å². The van der Waals surface area contributed by atoms with Crippen LogP contribution in [0.5, 0.6) is 5.75 Å². The second-order valence-corrected chi connectivity index (χ2v) is 6.22. The number of amides is 1. The Morgan fingerprint density at radius 2 is 1.62 bits per heavy atom. The number of hydrogen-bond donors (Lipinski definition) is 2. The molecule has 132 valence electrons. The Morgan fingerprint density at radius 1 is 0.923 bits per heavy atom. The van der Waals surface area contributed by atoms with E-state index in [-0.39, 0.29) is 5.91 Å². The fourth-order valence-electron chi connectivity index (χ4n) is 2.50. The minimum absolute atomic E-state index is 0.0687. The summed E-state index contributed by atoms with van der Waals surface area (Å²) < 4.78 is 5.22. The number of rotatable bonds is 6. The minimum atomic E-state index is -0.0687. The molecule has 0 radical (unpaired) electrons. The molecule has 0 heterocycles. The number of nitrogens with one attached hydrogen (secondary N) is 2. The number of carbonyl (C=O) groups is 1. The van der Waals surface area contributed by atoms with E-state index in [1.54, 1.807) is 19.2 Å². The fraction of sp³-hybridized carbons (Fsp3) is 0.0952. The third-order valence-corrected chi connectivity index (χ3v) is 4.06. The molecule has 26 heavy (non-hydrogen) atoms. The molecule has 3 aromatic rings. The topological polar surface area (TPSA) is 50.4 Å². The molecule has 0 saturated heterocycles. The van der Waals surface area contributed by atoms with E-state index in [4.69, 9.17) is 16.3 Å². The molecule has 0 aliphatic heterocycles. The van der Waals surface area contributed by atoms with Crippen LogP contribution in [-0.2, 0) is 11.2 Å². The van der Waals surface area contributed by atoms with Crippen molar-refractivity contribution >= 4 is 34.6 Å². The first-order chi connectivity index (χ1) is 12.6. The molecule has 0 aliphatic rings. The molecular formula is C21H19ClN2O2. The molecule has 4 nitrogen and oxygen atoms in total. The molecule has 0 fully saturated rings. The zero-order valence-electron chi connectivity index (χ0n) is 14.3. The van der Waals surface area contributed by atoms with Crippen LogP contribution in [0.3, 0.4) is 0 Å². The lowest BCUT2D eigenvalue weighted by atomic mass is 10.1. The largest absolute Gasteiger partial charge is 0.497 e. The minimum Gasteiger partial charge on any atom is -0.497 e. The lowest BCUT2D eigenvalue weighted by Gasteiger charge is -2.10.